The Morgan fingerprint density at radius 2 is 1.49 bits per heavy atom. The van der Waals surface area contributed by atoms with Gasteiger partial charge in [0.05, 0.1) is 5.82 Å². The number of benzene rings is 1. The third-order valence-corrected chi connectivity index (χ3v) is 5.59. The maximum absolute atomic E-state index is 14.2. The maximum Gasteiger partial charge on any atom is 2.00 e. The molecule has 8 heteroatoms. The first-order valence-corrected chi connectivity index (χ1v) is 10.6. The van der Waals surface area contributed by atoms with Crippen molar-refractivity contribution in [1.82, 2.24) is 24.7 Å². The van der Waals surface area contributed by atoms with Crippen LogP contribution >= 0.6 is 0 Å². The average Bonchev–Trinajstić information content (AvgIpc) is 3.35. The van der Waals surface area contributed by atoms with Gasteiger partial charge in [-0.1, -0.05) is 78.0 Å². The maximum atomic E-state index is 14.2. The topological polar surface area (TPSA) is 56.5 Å². The van der Waals surface area contributed by atoms with E-state index in [4.69, 9.17) is 4.98 Å². The third-order valence-electron chi connectivity index (χ3n) is 5.59. The van der Waals surface area contributed by atoms with Crippen LogP contribution < -0.4 is 0 Å². The van der Waals surface area contributed by atoms with Crippen molar-refractivity contribution in [2.45, 2.75) is 19.3 Å². The van der Waals surface area contributed by atoms with E-state index in [1.807, 2.05) is 74.5 Å². The molecule has 0 aliphatic carbocycles. The predicted molar refractivity (Wildman–Crippen MR) is 124 cm³/mol. The van der Waals surface area contributed by atoms with Crippen molar-refractivity contribution < 1.29 is 29.2 Å². The first-order chi connectivity index (χ1) is 16.4. The standard InChI is InChI=1S/C27H19F2N5.Pd/c1-27(2,22-11-6-10-21(30-22)19-14-15-24(28)32-26(19)29)23-12-7-13-25(31-23)34-17-16-20(33-34)18-8-4-3-5-9-18;/h3-13,15-16H,1-2H3;/q-2;+2. The largest absolute Gasteiger partial charge is 2.00 e. The molecule has 0 bridgehead atoms. The minimum atomic E-state index is -0.953. The summed E-state index contributed by atoms with van der Waals surface area (Å²) in [4.78, 5) is 12.7. The summed E-state index contributed by atoms with van der Waals surface area (Å²) < 4.78 is 29.0. The molecule has 35 heavy (non-hydrogen) atoms. The van der Waals surface area contributed by atoms with Crippen LogP contribution in [-0.4, -0.2) is 24.7 Å². The van der Waals surface area contributed by atoms with E-state index in [9.17, 15) is 8.78 Å². The van der Waals surface area contributed by atoms with Crippen LogP contribution in [0.25, 0.3) is 28.3 Å². The Bertz CT molecular complexity index is 1470. The quantitative estimate of drug-likeness (QED) is 0.161. The van der Waals surface area contributed by atoms with Crippen molar-refractivity contribution in [3.8, 4) is 28.3 Å². The molecular formula is C27H19F2N5Pd. The summed E-state index contributed by atoms with van der Waals surface area (Å²) in [5, 5.41) is 4.62. The second-order valence-corrected chi connectivity index (χ2v) is 8.24. The normalized spacial score (nSPS) is 11.2. The Labute approximate surface area is 215 Å². The molecule has 0 unspecified atom stereocenters. The zero-order chi connectivity index (χ0) is 23.7. The van der Waals surface area contributed by atoms with Crippen molar-refractivity contribution in [3.63, 3.8) is 0 Å². The number of hydrogen-bond donors (Lipinski definition) is 0. The molecule has 0 atom stereocenters. The SMILES string of the molecule is CC(C)(c1cccc(-c2[c-]cc(F)nc2F)n1)c1cccc(-n2[c-]cc(-c3ccccc3)n2)n1.[Pd+2]. The van der Waals surface area contributed by atoms with Crippen LogP contribution in [0.3, 0.4) is 0 Å². The molecule has 0 spiro atoms. The number of aromatic nitrogens is 5. The van der Waals surface area contributed by atoms with Crippen molar-refractivity contribution in [3.05, 3.63) is 114 Å². The molecule has 0 amide bonds. The number of pyridine rings is 3. The molecule has 4 aromatic heterocycles. The Morgan fingerprint density at radius 3 is 2.23 bits per heavy atom. The van der Waals surface area contributed by atoms with Crippen LogP contribution in [0.2, 0.25) is 0 Å². The van der Waals surface area contributed by atoms with E-state index < -0.39 is 17.3 Å². The van der Waals surface area contributed by atoms with Crippen molar-refractivity contribution >= 4 is 0 Å². The van der Waals surface area contributed by atoms with Gasteiger partial charge in [0.1, 0.15) is 11.9 Å². The summed E-state index contributed by atoms with van der Waals surface area (Å²) >= 11 is 0. The predicted octanol–water partition coefficient (Wildman–Crippen LogP) is 5.59. The van der Waals surface area contributed by atoms with E-state index >= 15 is 0 Å². The van der Waals surface area contributed by atoms with E-state index in [1.54, 1.807) is 16.8 Å². The number of nitrogens with zero attached hydrogens (tertiary/aromatic N) is 5. The second kappa shape index (κ2) is 9.95. The summed E-state index contributed by atoms with van der Waals surface area (Å²) in [6, 6.07) is 26.2. The number of hydrogen-bond acceptors (Lipinski definition) is 4. The van der Waals surface area contributed by atoms with Crippen LogP contribution in [0, 0.1) is 24.2 Å². The molecule has 0 saturated carbocycles. The van der Waals surface area contributed by atoms with Gasteiger partial charge in [0, 0.05) is 16.8 Å². The molecule has 176 valence electrons. The third kappa shape index (κ3) is 4.95. The fraction of sp³-hybridized carbons (Fsp3) is 0.111. The van der Waals surface area contributed by atoms with Gasteiger partial charge in [-0.2, -0.15) is 0 Å². The smallest absolute Gasteiger partial charge is 0.343 e. The molecule has 0 saturated heterocycles. The summed E-state index contributed by atoms with van der Waals surface area (Å²) in [5.41, 5.74) is 2.93. The van der Waals surface area contributed by atoms with E-state index in [1.165, 1.54) is 0 Å². The van der Waals surface area contributed by atoms with Gasteiger partial charge in [-0.25, -0.2) is 8.78 Å². The Kier molecular flexibility index (Phi) is 6.97. The van der Waals surface area contributed by atoms with Gasteiger partial charge >= 0.3 is 20.4 Å². The molecule has 5 aromatic rings. The van der Waals surface area contributed by atoms with Gasteiger partial charge in [0.15, 0.2) is 0 Å². The molecular weight excluding hydrogens is 539 g/mol. The van der Waals surface area contributed by atoms with Gasteiger partial charge in [0.2, 0.25) is 0 Å². The van der Waals surface area contributed by atoms with Crippen LogP contribution in [0.5, 0.6) is 0 Å². The van der Waals surface area contributed by atoms with Gasteiger partial charge in [0.25, 0.3) is 0 Å². The minimum Gasteiger partial charge on any atom is -0.343 e. The first kappa shape index (κ1) is 24.5. The summed E-state index contributed by atoms with van der Waals surface area (Å²) in [7, 11) is 0. The second-order valence-electron chi connectivity index (χ2n) is 8.24. The Balaban J connectivity index is 0.00000289. The molecule has 5 rings (SSSR count). The molecule has 0 aliphatic heterocycles. The van der Waals surface area contributed by atoms with Gasteiger partial charge in [-0.05, 0) is 37.4 Å². The zero-order valence-corrected chi connectivity index (χ0v) is 20.4. The summed E-state index contributed by atoms with van der Waals surface area (Å²) in [6.07, 6.45) is 3.12. The zero-order valence-electron chi connectivity index (χ0n) is 18.8. The first-order valence-electron chi connectivity index (χ1n) is 10.6. The average molecular weight is 558 g/mol. The molecule has 0 radical (unpaired) electrons. The van der Waals surface area contributed by atoms with Crippen molar-refractivity contribution in [2.75, 3.05) is 0 Å². The van der Waals surface area contributed by atoms with Crippen LogP contribution in [-0.2, 0) is 25.8 Å². The minimum absolute atomic E-state index is 0. The summed E-state index contributed by atoms with van der Waals surface area (Å²) in [6.45, 7) is 3.97. The fourth-order valence-electron chi connectivity index (χ4n) is 3.65. The van der Waals surface area contributed by atoms with Gasteiger partial charge < -0.3 is 9.67 Å². The molecule has 5 nitrogen and oxygen atoms in total. The monoisotopic (exact) mass is 557 g/mol. The molecule has 0 fully saturated rings. The van der Waals surface area contributed by atoms with Crippen molar-refractivity contribution in [2.24, 2.45) is 0 Å². The van der Waals surface area contributed by atoms with Crippen LogP contribution in [0.15, 0.2) is 78.9 Å². The van der Waals surface area contributed by atoms with Gasteiger partial charge in [-0.15, -0.1) is 12.1 Å². The molecule has 0 aliphatic rings. The number of halogens is 2. The van der Waals surface area contributed by atoms with E-state index in [2.05, 4.69) is 27.3 Å². The molecule has 0 N–H and O–H groups in total. The van der Waals surface area contributed by atoms with E-state index in [0.717, 1.165) is 23.0 Å². The Morgan fingerprint density at radius 1 is 0.771 bits per heavy atom. The number of rotatable bonds is 5. The van der Waals surface area contributed by atoms with Crippen LogP contribution in [0.1, 0.15) is 25.2 Å². The summed E-state index contributed by atoms with van der Waals surface area (Å²) in [5.74, 6) is -1.26. The Hall–Kier alpha value is -3.60. The fourth-order valence-corrected chi connectivity index (χ4v) is 3.65. The molecule has 1 aromatic carbocycles. The van der Waals surface area contributed by atoms with E-state index in [-0.39, 0.29) is 26.0 Å². The van der Waals surface area contributed by atoms with Crippen molar-refractivity contribution in [1.29, 1.82) is 0 Å². The van der Waals surface area contributed by atoms with Gasteiger partial charge in [-0.3, -0.25) is 15.1 Å². The van der Waals surface area contributed by atoms with E-state index in [0.29, 0.717) is 17.2 Å². The molecule has 4 heterocycles. The van der Waals surface area contributed by atoms with Crippen LogP contribution in [0.4, 0.5) is 8.78 Å².